The second-order valence-electron chi connectivity index (χ2n) is 6.68. The number of hydrogen-bond acceptors (Lipinski definition) is 3. The number of benzene rings is 1. The number of rotatable bonds is 5. The van der Waals surface area contributed by atoms with E-state index in [0.717, 1.165) is 64.9 Å². The minimum Gasteiger partial charge on any atom is -0.338 e. The Balaban J connectivity index is 1.69. The van der Waals surface area contributed by atoms with Gasteiger partial charge in [0, 0.05) is 23.0 Å². The Morgan fingerprint density at radius 1 is 1.32 bits per heavy atom. The fraction of sp³-hybridized carbons (Fsp3) is 0.450. The number of nitrogens with zero attached hydrogens (tertiary/aromatic N) is 1. The first-order chi connectivity index (χ1) is 12.1. The van der Waals surface area contributed by atoms with Gasteiger partial charge in [-0.1, -0.05) is 30.7 Å². The summed E-state index contributed by atoms with van der Waals surface area (Å²) in [5, 5.41) is 4.14. The number of halogens is 1. The van der Waals surface area contributed by atoms with Crippen LogP contribution in [0.4, 0.5) is 0 Å². The van der Waals surface area contributed by atoms with Gasteiger partial charge in [-0.3, -0.25) is 4.79 Å². The SMILES string of the molecule is CCNCC1CCN(C(=O)c2cc(C)c(-c3cccc(Cl)c3)s2)CC1. The quantitative estimate of drug-likeness (QED) is 0.809. The molecule has 0 bridgehead atoms. The number of nitrogens with one attached hydrogen (secondary N) is 1. The van der Waals surface area contributed by atoms with Crippen LogP contribution in [0.5, 0.6) is 0 Å². The van der Waals surface area contributed by atoms with Crippen LogP contribution in [-0.2, 0) is 0 Å². The number of amides is 1. The summed E-state index contributed by atoms with van der Waals surface area (Å²) >= 11 is 7.69. The van der Waals surface area contributed by atoms with Crippen molar-refractivity contribution in [1.29, 1.82) is 0 Å². The highest BCUT2D eigenvalue weighted by atomic mass is 35.5. The zero-order chi connectivity index (χ0) is 17.8. The molecule has 1 aliphatic rings. The lowest BCUT2D eigenvalue weighted by Crippen LogP contribution is -2.40. The molecule has 25 heavy (non-hydrogen) atoms. The van der Waals surface area contributed by atoms with Crippen LogP contribution in [0.3, 0.4) is 0 Å². The molecule has 0 radical (unpaired) electrons. The first-order valence-corrected chi connectivity index (χ1v) is 10.1. The zero-order valence-electron chi connectivity index (χ0n) is 14.8. The third-order valence-electron chi connectivity index (χ3n) is 4.80. The van der Waals surface area contributed by atoms with Crippen molar-refractivity contribution in [3.8, 4) is 10.4 Å². The zero-order valence-corrected chi connectivity index (χ0v) is 16.4. The summed E-state index contributed by atoms with van der Waals surface area (Å²) in [6.07, 6.45) is 2.18. The largest absolute Gasteiger partial charge is 0.338 e. The van der Waals surface area contributed by atoms with Gasteiger partial charge in [0.15, 0.2) is 0 Å². The van der Waals surface area contributed by atoms with Crippen LogP contribution in [0.25, 0.3) is 10.4 Å². The Kier molecular flexibility index (Phi) is 6.15. The predicted molar refractivity (Wildman–Crippen MR) is 107 cm³/mol. The first kappa shape index (κ1) is 18.4. The minimum absolute atomic E-state index is 0.170. The lowest BCUT2D eigenvalue weighted by atomic mass is 9.96. The molecule has 0 unspecified atom stereocenters. The van der Waals surface area contributed by atoms with E-state index < -0.39 is 0 Å². The molecule has 1 N–H and O–H groups in total. The van der Waals surface area contributed by atoms with Gasteiger partial charge >= 0.3 is 0 Å². The summed E-state index contributed by atoms with van der Waals surface area (Å²) in [4.78, 5) is 16.9. The van der Waals surface area contributed by atoms with Gasteiger partial charge in [0.2, 0.25) is 0 Å². The molecular weight excluding hydrogens is 352 g/mol. The van der Waals surface area contributed by atoms with E-state index in [1.165, 1.54) is 0 Å². The Bertz CT molecular complexity index is 735. The number of thiophene rings is 1. The summed E-state index contributed by atoms with van der Waals surface area (Å²) in [7, 11) is 0. The fourth-order valence-electron chi connectivity index (χ4n) is 3.35. The van der Waals surface area contributed by atoms with Gasteiger partial charge < -0.3 is 10.2 Å². The monoisotopic (exact) mass is 376 g/mol. The van der Waals surface area contributed by atoms with Crippen molar-refractivity contribution in [3.63, 3.8) is 0 Å². The molecule has 1 amide bonds. The summed E-state index contributed by atoms with van der Waals surface area (Å²) in [6.45, 7) is 7.99. The summed E-state index contributed by atoms with van der Waals surface area (Å²) in [5.74, 6) is 0.861. The fourth-order valence-corrected chi connectivity index (χ4v) is 4.68. The molecule has 2 heterocycles. The number of piperidine rings is 1. The summed E-state index contributed by atoms with van der Waals surface area (Å²) in [5.41, 5.74) is 2.22. The number of carbonyl (C=O) groups is 1. The molecular formula is C20H25ClN2OS. The van der Waals surface area contributed by atoms with Crippen LogP contribution in [0.1, 0.15) is 35.0 Å². The van der Waals surface area contributed by atoms with Gasteiger partial charge in [-0.15, -0.1) is 11.3 Å². The molecule has 0 spiro atoms. The van der Waals surface area contributed by atoms with Crippen molar-refractivity contribution in [3.05, 3.63) is 45.8 Å². The molecule has 3 nitrogen and oxygen atoms in total. The standard InChI is InChI=1S/C20H25ClN2OS/c1-3-22-13-15-7-9-23(10-8-15)20(24)18-11-14(2)19(25-18)16-5-4-6-17(21)12-16/h4-6,11-12,15,22H,3,7-10,13H2,1-2H3. The van der Waals surface area contributed by atoms with Crippen LogP contribution < -0.4 is 5.32 Å². The normalized spacial score (nSPS) is 15.6. The molecule has 1 aromatic carbocycles. The van der Waals surface area contributed by atoms with Crippen LogP contribution in [0.2, 0.25) is 5.02 Å². The molecule has 1 aromatic heterocycles. The van der Waals surface area contributed by atoms with Crippen LogP contribution in [0, 0.1) is 12.8 Å². The van der Waals surface area contributed by atoms with Gasteiger partial charge in [0.05, 0.1) is 4.88 Å². The van der Waals surface area contributed by atoms with E-state index in [-0.39, 0.29) is 5.91 Å². The van der Waals surface area contributed by atoms with Gasteiger partial charge in [-0.2, -0.15) is 0 Å². The number of carbonyl (C=O) groups excluding carboxylic acids is 1. The van der Waals surface area contributed by atoms with Crippen molar-refractivity contribution in [2.75, 3.05) is 26.2 Å². The van der Waals surface area contributed by atoms with E-state index in [9.17, 15) is 4.79 Å². The molecule has 1 aliphatic heterocycles. The van der Waals surface area contributed by atoms with Crippen LogP contribution in [-0.4, -0.2) is 37.0 Å². The predicted octanol–water partition coefficient (Wildman–Crippen LogP) is 4.84. The number of likely N-dealkylation sites (tertiary alicyclic amines) is 1. The van der Waals surface area contributed by atoms with Crippen molar-refractivity contribution in [2.24, 2.45) is 5.92 Å². The van der Waals surface area contributed by atoms with E-state index in [4.69, 9.17) is 11.6 Å². The van der Waals surface area contributed by atoms with Gasteiger partial charge in [0.1, 0.15) is 0 Å². The topological polar surface area (TPSA) is 32.3 Å². The molecule has 3 rings (SSSR count). The second kappa shape index (κ2) is 8.35. The van der Waals surface area contributed by atoms with Crippen LogP contribution in [0.15, 0.2) is 30.3 Å². The van der Waals surface area contributed by atoms with E-state index >= 15 is 0 Å². The Hall–Kier alpha value is -1.36. The maximum Gasteiger partial charge on any atom is 0.263 e. The molecule has 1 saturated heterocycles. The highest BCUT2D eigenvalue weighted by Crippen LogP contribution is 2.34. The molecule has 0 aliphatic carbocycles. The number of aryl methyl sites for hydroxylation is 1. The van der Waals surface area contributed by atoms with Gasteiger partial charge in [0.25, 0.3) is 5.91 Å². The van der Waals surface area contributed by atoms with Gasteiger partial charge in [-0.25, -0.2) is 0 Å². The molecule has 1 fully saturated rings. The maximum absolute atomic E-state index is 12.9. The molecule has 5 heteroatoms. The maximum atomic E-state index is 12.9. The highest BCUT2D eigenvalue weighted by molar-refractivity contribution is 7.17. The van der Waals surface area contributed by atoms with E-state index in [2.05, 4.69) is 19.2 Å². The minimum atomic E-state index is 0.170. The van der Waals surface area contributed by atoms with Crippen molar-refractivity contribution in [1.82, 2.24) is 10.2 Å². The van der Waals surface area contributed by atoms with Crippen molar-refractivity contribution < 1.29 is 4.79 Å². The van der Waals surface area contributed by atoms with Crippen molar-refractivity contribution in [2.45, 2.75) is 26.7 Å². The van der Waals surface area contributed by atoms with Gasteiger partial charge in [-0.05, 0) is 68.1 Å². The Labute approximate surface area is 159 Å². The lowest BCUT2D eigenvalue weighted by Gasteiger charge is -2.31. The van der Waals surface area contributed by atoms with E-state index in [1.54, 1.807) is 11.3 Å². The first-order valence-electron chi connectivity index (χ1n) is 8.95. The molecule has 134 valence electrons. The molecule has 0 atom stereocenters. The summed E-state index contributed by atoms with van der Waals surface area (Å²) in [6, 6.07) is 9.85. The van der Waals surface area contributed by atoms with Crippen LogP contribution >= 0.6 is 22.9 Å². The number of hydrogen-bond donors (Lipinski definition) is 1. The van der Waals surface area contributed by atoms with E-state index in [1.807, 2.05) is 35.2 Å². The van der Waals surface area contributed by atoms with E-state index in [0.29, 0.717) is 5.92 Å². The average Bonchev–Trinajstić information content (AvgIpc) is 3.01. The lowest BCUT2D eigenvalue weighted by molar-refractivity contribution is 0.0695. The third kappa shape index (κ3) is 4.43. The second-order valence-corrected chi connectivity index (χ2v) is 8.17. The average molecular weight is 377 g/mol. The smallest absolute Gasteiger partial charge is 0.263 e. The third-order valence-corrected chi connectivity index (χ3v) is 6.31. The summed E-state index contributed by atoms with van der Waals surface area (Å²) < 4.78 is 0. The van der Waals surface area contributed by atoms with Crippen molar-refractivity contribution >= 4 is 28.8 Å². The Morgan fingerprint density at radius 2 is 2.08 bits per heavy atom. The molecule has 2 aromatic rings. The highest BCUT2D eigenvalue weighted by Gasteiger charge is 2.25. The Morgan fingerprint density at radius 3 is 2.76 bits per heavy atom. The molecule has 0 saturated carbocycles.